The molecule has 0 radical (unpaired) electrons. The fourth-order valence-electron chi connectivity index (χ4n) is 3.11. The van der Waals surface area contributed by atoms with E-state index in [-0.39, 0.29) is 24.0 Å². The number of aliphatic imine (C=N–C) groups is 1. The average Bonchev–Trinajstić information content (AvgIpc) is 2.65. The predicted molar refractivity (Wildman–Crippen MR) is 128 cm³/mol. The first-order valence-corrected chi connectivity index (χ1v) is 10.1. The number of halogens is 1. The molecule has 1 aromatic rings. The molecule has 0 aromatic heterocycles. The molecule has 1 unspecified atom stereocenters. The molecule has 1 atom stereocenters. The molecule has 1 aliphatic rings. The summed E-state index contributed by atoms with van der Waals surface area (Å²) in [4.78, 5) is 9.32. The number of piperazine rings is 1. The first-order chi connectivity index (χ1) is 13.0. The number of aryl methyl sites for hydroxylation is 1. The minimum atomic E-state index is -0.564. The van der Waals surface area contributed by atoms with Gasteiger partial charge in [0.2, 0.25) is 0 Å². The van der Waals surface area contributed by atoms with Gasteiger partial charge in [-0.25, -0.2) is 0 Å². The SMILES string of the molecule is CCNC(=NCC(O)COCC(C)C)N1CCN(c2cccc(C)c2)CC1.I. The molecule has 1 fully saturated rings. The van der Waals surface area contributed by atoms with E-state index in [2.05, 4.69) is 72.1 Å². The Kier molecular flexibility index (Phi) is 11.8. The third-order valence-electron chi connectivity index (χ3n) is 4.49. The number of aliphatic hydroxyl groups is 1. The smallest absolute Gasteiger partial charge is 0.194 e. The van der Waals surface area contributed by atoms with Crippen molar-refractivity contribution < 1.29 is 9.84 Å². The van der Waals surface area contributed by atoms with Crippen molar-refractivity contribution >= 4 is 35.6 Å². The summed E-state index contributed by atoms with van der Waals surface area (Å²) < 4.78 is 5.51. The van der Waals surface area contributed by atoms with Gasteiger partial charge in [0.1, 0.15) is 0 Å². The maximum Gasteiger partial charge on any atom is 0.194 e. The van der Waals surface area contributed by atoms with Gasteiger partial charge in [0, 0.05) is 45.0 Å². The Labute approximate surface area is 187 Å². The number of anilines is 1. The highest BCUT2D eigenvalue weighted by Gasteiger charge is 2.20. The maximum absolute atomic E-state index is 10.1. The summed E-state index contributed by atoms with van der Waals surface area (Å²) in [7, 11) is 0. The molecule has 1 aromatic carbocycles. The van der Waals surface area contributed by atoms with E-state index in [4.69, 9.17) is 4.74 Å². The van der Waals surface area contributed by atoms with E-state index in [0.29, 0.717) is 25.7 Å². The third-order valence-corrected chi connectivity index (χ3v) is 4.49. The molecule has 160 valence electrons. The zero-order chi connectivity index (χ0) is 19.6. The Bertz CT molecular complexity index is 590. The van der Waals surface area contributed by atoms with Crippen LogP contribution in [-0.2, 0) is 4.74 Å². The number of benzene rings is 1. The summed E-state index contributed by atoms with van der Waals surface area (Å²) >= 11 is 0. The topological polar surface area (TPSA) is 60.3 Å². The molecule has 1 saturated heterocycles. The number of hydrogen-bond acceptors (Lipinski definition) is 4. The van der Waals surface area contributed by atoms with Gasteiger partial charge in [-0.2, -0.15) is 0 Å². The fraction of sp³-hybridized carbons (Fsp3) is 0.667. The molecular formula is C21H37IN4O2. The molecule has 6 nitrogen and oxygen atoms in total. The minimum absolute atomic E-state index is 0. The first kappa shape index (κ1) is 25.0. The zero-order valence-electron chi connectivity index (χ0n) is 17.7. The third kappa shape index (κ3) is 8.53. The molecule has 7 heteroatoms. The van der Waals surface area contributed by atoms with Crippen molar-refractivity contribution in [2.75, 3.05) is 57.4 Å². The van der Waals surface area contributed by atoms with Crippen LogP contribution in [0.15, 0.2) is 29.3 Å². The lowest BCUT2D eigenvalue weighted by molar-refractivity contribution is 0.0300. The molecule has 0 spiro atoms. The minimum Gasteiger partial charge on any atom is -0.389 e. The number of rotatable bonds is 8. The van der Waals surface area contributed by atoms with Crippen molar-refractivity contribution in [1.29, 1.82) is 0 Å². The lowest BCUT2D eigenvalue weighted by Gasteiger charge is -2.38. The first-order valence-electron chi connectivity index (χ1n) is 10.1. The van der Waals surface area contributed by atoms with E-state index >= 15 is 0 Å². The van der Waals surface area contributed by atoms with Gasteiger partial charge in [-0.15, -0.1) is 24.0 Å². The lowest BCUT2D eigenvalue weighted by Crippen LogP contribution is -2.52. The molecule has 0 amide bonds. The summed E-state index contributed by atoms with van der Waals surface area (Å²) in [6.07, 6.45) is -0.564. The van der Waals surface area contributed by atoms with Crippen LogP contribution in [0.25, 0.3) is 0 Å². The summed E-state index contributed by atoms with van der Waals surface area (Å²) in [5, 5.41) is 13.5. The molecule has 1 heterocycles. The zero-order valence-corrected chi connectivity index (χ0v) is 20.1. The van der Waals surface area contributed by atoms with E-state index in [1.54, 1.807) is 0 Å². The molecule has 0 saturated carbocycles. The lowest BCUT2D eigenvalue weighted by atomic mass is 10.2. The van der Waals surface area contributed by atoms with Gasteiger partial charge >= 0.3 is 0 Å². The van der Waals surface area contributed by atoms with Gasteiger partial charge in [0.05, 0.1) is 19.3 Å². The Morgan fingerprint density at radius 2 is 1.93 bits per heavy atom. The van der Waals surface area contributed by atoms with Crippen LogP contribution in [0, 0.1) is 12.8 Å². The largest absolute Gasteiger partial charge is 0.389 e. The van der Waals surface area contributed by atoms with Crippen LogP contribution in [0.4, 0.5) is 5.69 Å². The second kappa shape index (κ2) is 13.2. The van der Waals surface area contributed by atoms with Gasteiger partial charge in [0.15, 0.2) is 5.96 Å². The number of nitrogens with one attached hydrogen (secondary N) is 1. The maximum atomic E-state index is 10.1. The van der Waals surface area contributed by atoms with E-state index in [1.165, 1.54) is 11.3 Å². The van der Waals surface area contributed by atoms with E-state index < -0.39 is 6.10 Å². The Hall–Kier alpha value is -1.06. The molecule has 0 bridgehead atoms. The quantitative estimate of drug-likeness (QED) is 0.324. The number of guanidine groups is 1. The van der Waals surface area contributed by atoms with Crippen molar-refractivity contribution in [3.8, 4) is 0 Å². The van der Waals surface area contributed by atoms with E-state index in [1.807, 2.05) is 0 Å². The Balaban J connectivity index is 0.00000392. The fourth-order valence-corrected chi connectivity index (χ4v) is 3.11. The summed E-state index contributed by atoms with van der Waals surface area (Å²) in [5.74, 6) is 1.35. The van der Waals surface area contributed by atoms with Crippen LogP contribution in [0.2, 0.25) is 0 Å². The van der Waals surface area contributed by atoms with Crippen LogP contribution in [0.1, 0.15) is 26.3 Å². The number of hydrogen-bond donors (Lipinski definition) is 2. The van der Waals surface area contributed by atoms with E-state index in [9.17, 15) is 5.11 Å². The normalized spacial score (nSPS) is 16.1. The monoisotopic (exact) mass is 504 g/mol. The summed E-state index contributed by atoms with van der Waals surface area (Å²) in [6, 6.07) is 8.66. The Morgan fingerprint density at radius 1 is 1.21 bits per heavy atom. The number of aliphatic hydroxyl groups excluding tert-OH is 1. The predicted octanol–water partition coefficient (Wildman–Crippen LogP) is 2.73. The van der Waals surface area contributed by atoms with Crippen LogP contribution in [0.5, 0.6) is 0 Å². The van der Waals surface area contributed by atoms with Gasteiger partial charge in [0.25, 0.3) is 0 Å². The van der Waals surface area contributed by atoms with Crippen LogP contribution >= 0.6 is 24.0 Å². The molecular weight excluding hydrogens is 467 g/mol. The van der Waals surface area contributed by atoms with Crippen LogP contribution < -0.4 is 10.2 Å². The standard InChI is InChI=1S/C21H36N4O2.HI/c1-5-22-21(23-14-20(26)16-27-15-17(2)3)25-11-9-24(10-12-25)19-8-6-7-18(4)13-19;/h6-8,13,17,20,26H,5,9-12,14-16H2,1-4H3,(H,22,23);1H. The van der Waals surface area contributed by atoms with Crippen molar-refractivity contribution in [3.05, 3.63) is 29.8 Å². The van der Waals surface area contributed by atoms with Crippen LogP contribution in [-0.4, -0.2) is 74.6 Å². The highest BCUT2D eigenvalue weighted by atomic mass is 127. The molecule has 2 N–H and O–H groups in total. The highest BCUT2D eigenvalue weighted by Crippen LogP contribution is 2.17. The number of ether oxygens (including phenoxy) is 1. The van der Waals surface area contributed by atoms with Crippen molar-refractivity contribution in [2.45, 2.75) is 33.8 Å². The van der Waals surface area contributed by atoms with Gasteiger partial charge < -0.3 is 25.0 Å². The van der Waals surface area contributed by atoms with Crippen molar-refractivity contribution in [2.24, 2.45) is 10.9 Å². The average molecular weight is 504 g/mol. The van der Waals surface area contributed by atoms with Gasteiger partial charge in [-0.3, -0.25) is 4.99 Å². The second-order valence-corrected chi connectivity index (χ2v) is 7.59. The summed E-state index contributed by atoms with van der Waals surface area (Å²) in [5.41, 5.74) is 2.58. The van der Waals surface area contributed by atoms with Crippen molar-refractivity contribution in [1.82, 2.24) is 10.2 Å². The highest BCUT2D eigenvalue weighted by molar-refractivity contribution is 14.0. The van der Waals surface area contributed by atoms with Gasteiger partial charge in [-0.05, 0) is 37.5 Å². The van der Waals surface area contributed by atoms with Crippen molar-refractivity contribution in [3.63, 3.8) is 0 Å². The molecule has 28 heavy (non-hydrogen) atoms. The Morgan fingerprint density at radius 3 is 2.54 bits per heavy atom. The molecule has 1 aliphatic heterocycles. The molecule has 2 rings (SSSR count). The number of nitrogens with zero attached hydrogens (tertiary/aromatic N) is 3. The molecule has 0 aliphatic carbocycles. The van der Waals surface area contributed by atoms with Gasteiger partial charge in [-0.1, -0.05) is 26.0 Å². The van der Waals surface area contributed by atoms with Crippen LogP contribution in [0.3, 0.4) is 0 Å². The summed E-state index contributed by atoms with van der Waals surface area (Å²) in [6.45, 7) is 14.3. The van der Waals surface area contributed by atoms with E-state index in [0.717, 1.165) is 38.7 Å². The second-order valence-electron chi connectivity index (χ2n) is 7.59.